The highest BCUT2D eigenvalue weighted by molar-refractivity contribution is 9.10. The van der Waals surface area contributed by atoms with Gasteiger partial charge in [-0.2, -0.15) is 0 Å². The average Bonchev–Trinajstić information content (AvgIpc) is 3.00. The van der Waals surface area contributed by atoms with Crippen LogP contribution in [0.1, 0.15) is 21.5 Å². The highest BCUT2D eigenvalue weighted by atomic mass is 79.9. The summed E-state index contributed by atoms with van der Waals surface area (Å²) in [6, 6.07) is 15.4. The molecule has 0 bridgehead atoms. The van der Waals surface area contributed by atoms with Gasteiger partial charge in [-0.1, -0.05) is 64.5 Å². The summed E-state index contributed by atoms with van der Waals surface area (Å²) in [7, 11) is 0. The molecule has 1 aliphatic rings. The van der Waals surface area contributed by atoms with Crippen molar-refractivity contribution in [2.75, 3.05) is 13.1 Å². The third-order valence-corrected chi connectivity index (χ3v) is 4.13. The Bertz CT molecular complexity index is 685. The van der Waals surface area contributed by atoms with Gasteiger partial charge in [-0.05, 0) is 17.7 Å². The van der Waals surface area contributed by atoms with Crippen molar-refractivity contribution in [1.29, 1.82) is 0 Å². The van der Waals surface area contributed by atoms with Crippen molar-refractivity contribution in [2.24, 2.45) is 0 Å². The topological polar surface area (TPSA) is 20.3 Å². The number of benzene rings is 2. The molecule has 21 heavy (non-hydrogen) atoms. The number of carbonyl (C=O) groups excluding carboxylic acids is 1. The Morgan fingerprint density at radius 3 is 2.57 bits per heavy atom. The van der Waals surface area contributed by atoms with Gasteiger partial charge in [-0.15, -0.1) is 0 Å². The van der Waals surface area contributed by atoms with Crippen molar-refractivity contribution in [3.05, 3.63) is 81.8 Å². The van der Waals surface area contributed by atoms with Crippen LogP contribution in [0.5, 0.6) is 0 Å². The smallest absolute Gasteiger partial charge is 0.193 e. The molecule has 0 fully saturated rings. The van der Waals surface area contributed by atoms with Crippen LogP contribution in [0.4, 0.5) is 0 Å². The van der Waals surface area contributed by atoms with Gasteiger partial charge in [0.1, 0.15) is 0 Å². The molecule has 0 N–H and O–H groups in total. The fourth-order valence-electron chi connectivity index (χ4n) is 2.56. The van der Waals surface area contributed by atoms with Crippen LogP contribution in [0, 0.1) is 0 Å². The zero-order valence-corrected chi connectivity index (χ0v) is 13.2. The van der Waals surface area contributed by atoms with E-state index in [4.69, 9.17) is 0 Å². The number of hydrogen-bond donors (Lipinski definition) is 0. The molecule has 1 heterocycles. The lowest BCUT2D eigenvalue weighted by Crippen LogP contribution is -2.21. The molecule has 2 aromatic rings. The molecular weight excluding hydrogens is 326 g/mol. The molecule has 0 aromatic heterocycles. The van der Waals surface area contributed by atoms with Crippen LogP contribution in [0.3, 0.4) is 0 Å². The zero-order chi connectivity index (χ0) is 14.7. The van der Waals surface area contributed by atoms with Crippen molar-refractivity contribution >= 4 is 21.7 Å². The first-order chi connectivity index (χ1) is 10.2. The summed E-state index contributed by atoms with van der Waals surface area (Å²) >= 11 is 3.42. The lowest BCUT2D eigenvalue weighted by atomic mass is 9.98. The molecule has 0 saturated heterocycles. The van der Waals surface area contributed by atoms with E-state index in [9.17, 15) is 4.79 Å². The van der Waals surface area contributed by atoms with E-state index in [0.29, 0.717) is 0 Å². The van der Waals surface area contributed by atoms with Crippen molar-refractivity contribution in [2.45, 2.75) is 6.54 Å². The zero-order valence-electron chi connectivity index (χ0n) is 11.6. The summed E-state index contributed by atoms with van der Waals surface area (Å²) in [6.45, 7) is 2.72. The lowest BCUT2D eigenvalue weighted by molar-refractivity contribution is 0.103. The normalized spacial score (nSPS) is 14.5. The SMILES string of the molecule is O=C(c1cccc(Br)c1)c1ccccc1CN1CC=CC1. The van der Waals surface area contributed by atoms with Crippen LogP contribution in [0.25, 0.3) is 0 Å². The van der Waals surface area contributed by atoms with E-state index in [2.05, 4.69) is 33.0 Å². The second kappa shape index (κ2) is 6.37. The first-order valence-electron chi connectivity index (χ1n) is 6.99. The monoisotopic (exact) mass is 341 g/mol. The summed E-state index contributed by atoms with van der Waals surface area (Å²) in [5.41, 5.74) is 2.60. The van der Waals surface area contributed by atoms with E-state index in [0.717, 1.165) is 40.8 Å². The van der Waals surface area contributed by atoms with Crippen LogP contribution in [-0.4, -0.2) is 23.8 Å². The van der Waals surface area contributed by atoms with Crippen LogP contribution in [-0.2, 0) is 6.54 Å². The Morgan fingerprint density at radius 2 is 1.81 bits per heavy atom. The minimum Gasteiger partial charge on any atom is -0.292 e. The van der Waals surface area contributed by atoms with E-state index in [1.165, 1.54) is 0 Å². The molecule has 106 valence electrons. The van der Waals surface area contributed by atoms with Crippen LogP contribution >= 0.6 is 15.9 Å². The number of halogens is 1. The summed E-state index contributed by atoms with van der Waals surface area (Å²) in [5.74, 6) is 0.0825. The van der Waals surface area contributed by atoms with Gasteiger partial charge < -0.3 is 0 Å². The molecule has 0 amide bonds. The van der Waals surface area contributed by atoms with Gasteiger partial charge in [0.2, 0.25) is 0 Å². The van der Waals surface area contributed by atoms with Crippen LogP contribution in [0.15, 0.2) is 65.2 Å². The molecule has 0 saturated carbocycles. The predicted octanol–water partition coefficient (Wildman–Crippen LogP) is 4.05. The number of carbonyl (C=O) groups is 1. The van der Waals surface area contributed by atoms with Gasteiger partial charge in [-0.3, -0.25) is 9.69 Å². The van der Waals surface area contributed by atoms with E-state index in [-0.39, 0.29) is 5.78 Å². The maximum absolute atomic E-state index is 12.7. The minimum atomic E-state index is 0.0825. The van der Waals surface area contributed by atoms with Gasteiger partial charge in [0.25, 0.3) is 0 Å². The molecule has 1 aliphatic heterocycles. The standard InChI is InChI=1S/C18H16BrNO/c19-16-8-5-7-14(12-16)18(21)17-9-2-1-6-15(17)13-20-10-3-4-11-20/h1-9,12H,10-11,13H2. The minimum absolute atomic E-state index is 0.0825. The van der Waals surface area contributed by atoms with Crippen LogP contribution < -0.4 is 0 Å². The van der Waals surface area contributed by atoms with Gasteiger partial charge in [0.05, 0.1) is 0 Å². The molecule has 2 aromatic carbocycles. The Labute approximate surface area is 133 Å². The molecule has 0 unspecified atom stereocenters. The van der Waals surface area contributed by atoms with Crippen molar-refractivity contribution in [3.63, 3.8) is 0 Å². The predicted molar refractivity (Wildman–Crippen MR) is 88.4 cm³/mol. The van der Waals surface area contributed by atoms with E-state index in [1.807, 2.05) is 48.5 Å². The van der Waals surface area contributed by atoms with Gasteiger partial charge in [0.15, 0.2) is 5.78 Å². The number of hydrogen-bond acceptors (Lipinski definition) is 2. The molecule has 0 radical (unpaired) electrons. The van der Waals surface area contributed by atoms with Crippen molar-refractivity contribution in [3.8, 4) is 0 Å². The van der Waals surface area contributed by atoms with Crippen molar-refractivity contribution in [1.82, 2.24) is 4.90 Å². The van der Waals surface area contributed by atoms with E-state index in [1.54, 1.807) is 0 Å². The van der Waals surface area contributed by atoms with Gasteiger partial charge >= 0.3 is 0 Å². The maximum Gasteiger partial charge on any atom is 0.193 e. The average molecular weight is 342 g/mol. The Hall–Kier alpha value is -1.71. The molecule has 0 spiro atoms. The fraction of sp³-hybridized carbons (Fsp3) is 0.167. The first kappa shape index (κ1) is 14.2. The van der Waals surface area contributed by atoms with Crippen LogP contribution in [0.2, 0.25) is 0 Å². The summed E-state index contributed by atoms with van der Waals surface area (Å²) in [5, 5.41) is 0. The Morgan fingerprint density at radius 1 is 1.05 bits per heavy atom. The first-order valence-corrected chi connectivity index (χ1v) is 7.79. The third kappa shape index (κ3) is 3.31. The number of ketones is 1. The number of rotatable bonds is 4. The largest absolute Gasteiger partial charge is 0.292 e. The fourth-order valence-corrected chi connectivity index (χ4v) is 2.96. The quantitative estimate of drug-likeness (QED) is 0.617. The molecule has 3 rings (SSSR count). The van der Waals surface area contributed by atoms with Crippen molar-refractivity contribution < 1.29 is 4.79 Å². The molecule has 3 heteroatoms. The third-order valence-electron chi connectivity index (χ3n) is 3.64. The van der Waals surface area contributed by atoms with Gasteiger partial charge in [0, 0.05) is 35.2 Å². The Balaban J connectivity index is 1.89. The molecule has 0 aliphatic carbocycles. The second-order valence-electron chi connectivity index (χ2n) is 5.16. The van der Waals surface area contributed by atoms with Gasteiger partial charge in [-0.25, -0.2) is 0 Å². The second-order valence-corrected chi connectivity index (χ2v) is 6.08. The molecular formula is C18H16BrNO. The summed E-state index contributed by atoms with van der Waals surface area (Å²) in [4.78, 5) is 15.1. The maximum atomic E-state index is 12.7. The summed E-state index contributed by atoms with van der Waals surface area (Å²) in [6.07, 6.45) is 4.33. The summed E-state index contributed by atoms with van der Waals surface area (Å²) < 4.78 is 0.926. The highest BCUT2D eigenvalue weighted by Gasteiger charge is 2.16. The van der Waals surface area contributed by atoms with E-state index < -0.39 is 0 Å². The Kier molecular flexibility index (Phi) is 4.32. The highest BCUT2D eigenvalue weighted by Crippen LogP contribution is 2.19. The lowest BCUT2D eigenvalue weighted by Gasteiger charge is -2.17. The molecule has 2 nitrogen and oxygen atoms in total. The number of nitrogens with zero attached hydrogens (tertiary/aromatic N) is 1. The van der Waals surface area contributed by atoms with E-state index >= 15 is 0 Å². The molecule has 0 atom stereocenters.